The SMILES string of the molecule is CCC1CCC(NC2CC(C)N(C)CC2C)C1C. The fraction of sp³-hybridized carbons (Fsp3) is 1.00. The summed E-state index contributed by atoms with van der Waals surface area (Å²) in [5.41, 5.74) is 0. The van der Waals surface area contributed by atoms with Gasteiger partial charge in [0.15, 0.2) is 0 Å². The van der Waals surface area contributed by atoms with Crippen LogP contribution in [0.3, 0.4) is 0 Å². The van der Waals surface area contributed by atoms with E-state index < -0.39 is 0 Å². The Bertz CT molecular complexity index is 266. The van der Waals surface area contributed by atoms with Crippen molar-refractivity contribution < 1.29 is 0 Å². The van der Waals surface area contributed by atoms with Gasteiger partial charge < -0.3 is 10.2 Å². The Kier molecular flexibility index (Phi) is 4.71. The molecule has 6 unspecified atom stereocenters. The molecule has 1 aliphatic carbocycles. The van der Waals surface area contributed by atoms with Gasteiger partial charge in [0, 0.05) is 24.7 Å². The van der Waals surface area contributed by atoms with E-state index in [1.807, 2.05) is 0 Å². The van der Waals surface area contributed by atoms with Crippen LogP contribution in [0.2, 0.25) is 0 Å². The van der Waals surface area contributed by atoms with E-state index in [0.717, 1.165) is 35.9 Å². The lowest BCUT2D eigenvalue weighted by Crippen LogP contribution is -2.53. The lowest BCUT2D eigenvalue weighted by molar-refractivity contribution is 0.111. The van der Waals surface area contributed by atoms with Crippen LogP contribution >= 0.6 is 0 Å². The fourth-order valence-electron chi connectivity index (χ4n) is 4.11. The standard InChI is InChI=1S/C16H32N2/c1-6-14-7-8-15(13(14)4)17-16-9-12(3)18(5)10-11(16)2/h11-17H,6-10H2,1-5H3. The van der Waals surface area contributed by atoms with Crippen LogP contribution in [-0.4, -0.2) is 36.6 Å². The molecule has 0 aromatic heterocycles. The van der Waals surface area contributed by atoms with E-state index >= 15 is 0 Å². The first kappa shape index (κ1) is 14.3. The molecule has 0 amide bonds. The van der Waals surface area contributed by atoms with Crippen LogP contribution in [0.5, 0.6) is 0 Å². The van der Waals surface area contributed by atoms with Gasteiger partial charge in [-0.25, -0.2) is 0 Å². The smallest absolute Gasteiger partial charge is 0.0122 e. The van der Waals surface area contributed by atoms with E-state index in [0.29, 0.717) is 0 Å². The minimum absolute atomic E-state index is 0.734. The Morgan fingerprint density at radius 3 is 2.44 bits per heavy atom. The maximum absolute atomic E-state index is 4.01. The molecule has 0 bridgehead atoms. The second kappa shape index (κ2) is 5.92. The molecule has 6 atom stereocenters. The number of hydrogen-bond donors (Lipinski definition) is 1. The van der Waals surface area contributed by atoms with Crippen molar-refractivity contribution in [1.82, 2.24) is 10.2 Å². The quantitative estimate of drug-likeness (QED) is 0.830. The highest BCUT2D eigenvalue weighted by molar-refractivity contribution is 4.93. The van der Waals surface area contributed by atoms with Crippen molar-refractivity contribution >= 4 is 0 Å². The summed E-state index contributed by atoms with van der Waals surface area (Å²) in [5, 5.41) is 4.01. The third-order valence-corrected chi connectivity index (χ3v) is 5.79. The first-order valence-corrected chi connectivity index (χ1v) is 7.99. The van der Waals surface area contributed by atoms with E-state index in [-0.39, 0.29) is 0 Å². The Morgan fingerprint density at radius 2 is 1.83 bits per heavy atom. The Labute approximate surface area is 114 Å². The van der Waals surface area contributed by atoms with E-state index in [2.05, 4.69) is 45.0 Å². The van der Waals surface area contributed by atoms with Crippen LogP contribution in [0.4, 0.5) is 0 Å². The average Bonchev–Trinajstić information content (AvgIpc) is 2.67. The van der Waals surface area contributed by atoms with Gasteiger partial charge in [-0.05, 0) is 51.0 Å². The van der Waals surface area contributed by atoms with Crippen LogP contribution in [0.25, 0.3) is 0 Å². The highest BCUT2D eigenvalue weighted by Gasteiger charge is 2.36. The van der Waals surface area contributed by atoms with Crippen LogP contribution in [0.15, 0.2) is 0 Å². The minimum Gasteiger partial charge on any atom is -0.311 e. The molecule has 2 fully saturated rings. The molecule has 1 saturated carbocycles. The van der Waals surface area contributed by atoms with Gasteiger partial charge in [0.1, 0.15) is 0 Å². The molecule has 2 rings (SSSR count). The van der Waals surface area contributed by atoms with Crippen LogP contribution < -0.4 is 5.32 Å². The van der Waals surface area contributed by atoms with E-state index in [1.165, 1.54) is 32.2 Å². The summed E-state index contributed by atoms with van der Waals surface area (Å²) in [6, 6.07) is 2.25. The molecule has 0 spiro atoms. The number of rotatable bonds is 3. The highest BCUT2D eigenvalue weighted by Crippen LogP contribution is 2.35. The molecule has 0 aromatic rings. The molecule has 18 heavy (non-hydrogen) atoms. The summed E-state index contributed by atoms with van der Waals surface area (Å²) in [6.45, 7) is 10.8. The topological polar surface area (TPSA) is 15.3 Å². The summed E-state index contributed by atoms with van der Waals surface area (Å²) >= 11 is 0. The number of hydrogen-bond acceptors (Lipinski definition) is 2. The highest BCUT2D eigenvalue weighted by atomic mass is 15.2. The van der Waals surface area contributed by atoms with Gasteiger partial charge in [-0.3, -0.25) is 0 Å². The molecule has 0 radical (unpaired) electrons. The molecular weight excluding hydrogens is 220 g/mol. The maximum atomic E-state index is 4.01. The van der Waals surface area contributed by atoms with E-state index in [9.17, 15) is 0 Å². The van der Waals surface area contributed by atoms with Crippen molar-refractivity contribution in [2.75, 3.05) is 13.6 Å². The lowest BCUT2D eigenvalue weighted by Gasteiger charge is -2.42. The Hall–Kier alpha value is -0.0800. The van der Waals surface area contributed by atoms with Crippen molar-refractivity contribution in [2.45, 2.75) is 71.5 Å². The van der Waals surface area contributed by atoms with Gasteiger partial charge in [0.05, 0.1) is 0 Å². The monoisotopic (exact) mass is 252 g/mol. The average molecular weight is 252 g/mol. The summed E-state index contributed by atoms with van der Waals surface area (Å²) in [5.74, 6) is 2.62. The van der Waals surface area contributed by atoms with Crippen LogP contribution in [0, 0.1) is 17.8 Å². The molecule has 1 saturated heterocycles. The third kappa shape index (κ3) is 2.91. The Balaban J connectivity index is 1.89. The number of likely N-dealkylation sites (tertiary alicyclic amines) is 1. The van der Waals surface area contributed by atoms with Gasteiger partial charge >= 0.3 is 0 Å². The number of nitrogens with zero attached hydrogens (tertiary/aromatic N) is 1. The molecule has 106 valence electrons. The normalized spacial score (nSPS) is 46.5. The molecule has 2 aliphatic rings. The fourth-order valence-corrected chi connectivity index (χ4v) is 4.11. The summed E-state index contributed by atoms with van der Waals surface area (Å²) in [6.07, 6.45) is 5.51. The van der Waals surface area contributed by atoms with Crippen molar-refractivity contribution in [3.8, 4) is 0 Å². The summed E-state index contributed by atoms with van der Waals surface area (Å²) < 4.78 is 0. The van der Waals surface area contributed by atoms with Crippen LogP contribution in [0.1, 0.15) is 53.4 Å². The first-order valence-electron chi connectivity index (χ1n) is 7.99. The van der Waals surface area contributed by atoms with E-state index in [1.54, 1.807) is 0 Å². The molecule has 2 nitrogen and oxygen atoms in total. The molecule has 0 aromatic carbocycles. The summed E-state index contributed by atoms with van der Waals surface area (Å²) in [7, 11) is 2.27. The Morgan fingerprint density at radius 1 is 1.11 bits per heavy atom. The van der Waals surface area contributed by atoms with Crippen molar-refractivity contribution in [2.24, 2.45) is 17.8 Å². The largest absolute Gasteiger partial charge is 0.311 e. The molecular formula is C16H32N2. The predicted molar refractivity (Wildman–Crippen MR) is 78.8 cm³/mol. The van der Waals surface area contributed by atoms with Gasteiger partial charge in [-0.2, -0.15) is 0 Å². The first-order chi connectivity index (χ1) is 8.52. The lowest BCUT2D eigenvalue weighted by atomic mass is 9.87. The number of nitrogens with one attached hydrogen (secondary N) is 1. The second-order valence-electron chi connectivity index (χ2n) is 6.99. The zero-order valence-electron chi connectivity index (χ0n) is 12.9. The van der Waals surface area contributed by atoms with Crippen molar-refractivity contribution in [3.63, 3.8) is 0 Å². The van der Waals surface area contributed by atoms with Gasteiger partial charge in [-0.1, -0.05) is 27.2 Å². The minimum atomic E-state index is 0.734. The predicted octanol–water partition coefficient (Wildman–Crippen LogP) is 3.13. The van der Waals surface area contributed by atoms with Crippen molar-refractivity contribution in [1.29, 1.82) is 0 Å². The molecule has 1 aliphatic heterocycles. The van der Waals surface area contributed by atoms with Gasteiger partial charge in [-0.15, -0.1) is 0 Å². The summed E-state index contributed by atoms with van der Waals surface area (Å²) in [4.78, 5) is 2.51. The zero-order chi connectivity index (χ0) is 13.3. The number of piperidine rings is 1. The molecule has 2 heteroatoms. The molecule has 1 N–H and O–H groups in total. The molecule has 1 heterocycles. The zero-order valence-corrected chi connectivity index (χ0v) is 12.9. The van der Waals surface area contributed by atoms with E-state index in [4.69, 9.17) is 0 Å². The van der Waals surface area contributed by atoms with Gasteiger partial charge in [0.2, 0.25) is 0 Å². The van der Waals surface area contributed by atoms with Crippen molar-refractivity contribution in [3.05, 3.63) is 0 Å². The van der Waals surface area contributed by atoms with Gasteiger partial charge in [0.25, 0.3) is 0 Å². The van der Waals surface area contributed by atoms with Crippen LogP contribution in [-0.2, 0) is 0 Å². The second-order valence-corrected chi connectivity index (χ2v) is 6.99. The third-order valence-electron chi connectivity index (χ3n) is 5.79. The maximum Gasteiger partial charge on any atom is 0.0122 e.